The van der Waals surface area contributed by atoms with Crippen LogP contribution in [0.4, 0.5) is 4.79 Å². The SMILES string of the molecule is O=C(O)[AsH].[AlH3].[InH3].[SbH2]. The predicted molar refractivity (Wildman–Crippen MR) is 43.6 cm³/mol. The van der Waals surface area contributed by atoms with E-state index < -0.39 is 4.76 Å². The molecule has 0 amide bonds. The summed E-state index contributed by atoms with van der Waals surface area (Å²) >= 11 is 1.08. The van der Waals surface area contributed by atoms with Gasteiger partial charge in [-0.15, -0.1) is 0 Å². The summed E-state index contributed by atoms with van der Waals surface area (Å²) in [5.41, 5.74) is 0. The zero-order valence-electron chi connectivity index (χ0n) is 2.43. The zero-order valence-corrected chi connectivity index (χ0v) is 7.83. The Labute approximate surface area is 97.7 Å². The molecule has 0 aliphatic carbocycles. The Morgan fingerprint density at radius 2 is 1.57 bits per heavy atom. The van der Waals surface area contributed by atoms with Gasteiger partial charge in [0, 0.05) is 0 Å². The molecule has 0 fully saturated rings. The molecule has 0 bridgehead atoms. The average molecular weight is 393 g/mol. The molecule has 0 saturated heterocycles. The second-order valence-corrected chi connectivity index (χ2v) is 1.20. The Bertz CT molecular complexity index is 40.7. The van der Waals surface area contributed by atoms with Crippen LogP contribution in [0.2, 0.25) is 0 Å². The van der Waals surface area contributed by atoms with Crippen LogP contribution in [0.15, 0.2) is 0 Å². The van der Waals surface area contributed by atoms with Gasteiger partial charge < -0.3 is 0 Å². The average Bonchev–Trinajstić information content (AvgIpc) is 0.811. The molecule has 0 aliphatic rings. The maximum absolute atomic E-state index is 9.00. The van der Waals surface area contributed by atoms with Gasteiger partial charge in [-0.3, -0.25) is 0 Å². The van der Waals surface area contributed by atoms with Gasteiger partial charge in [0.15, 0.2) is 17.4 Å². The fourth-order valence-electron chi connectivity index (χ4n) is 0. The molecule has 6 heteroatoms. The first-order chi connectivity index (χ1) is 1.73. The molecular weight excluding hydrogens is 382 g/mol. The molecule has 0 aromatic rings. The van der Waals surface area contributed by atoms with Crippen LogP contribution in [0.5, 0.6) is 0 Å². The quantitative estimate of drug-likeness (QED) is 0.431. The van der Waals surface area contributed by atoms with Crippen LogP contribution in [0.3, 0.4) is 0 Å². The summed E-state index contributed by atoms with van der Waals surface area (Å²) in [6.45, 7) is 0. The van der Waals surface area contributed by atoms with Crippen molar-refractivity contribution in [1.29, 1.82) is 0 Å². The monoisotopic (exact) mass is 392 g/mol. The zero-order chi connectivity index (χ0) is 3.58. The van der Waals surface area contributed by atoms with E-state index in [1.165, 1.54) is 0 Å². The molecule has 0 saturated carbocycles. The van der Waals surface area contributed by atoms with Crippen LogP contribution < -0.4 is 0 Å². The summed E-state index contributed by atoms with van der Waals surface area (Å²) in [6, 6.07) is 0. The molecule has 0 spiro atoms. The van der Waals surface area contributed by atoms with E-state index in [1.807, 2.05) is 0 Å². The molecule has 0 aromatic carbocycles. The third-order valence-electron chi connectivity index (χ3n) is 0. The molecular formula is CH10AlAsInO2Sb. The fourth-order valence-corrected chi connectivity index (χ4v) is 0. The normalized spacial score (nSPS) is 3.57. The van der Waals surface area contributed by atoms with Crippen molar-refractivity contribution in [3.05, 3.63) is 0 Å². The molecule has 0 rings (SSSR count). The Balaban J connectivity index is -0.0000000150. The predicted octanol–water partition coefficient (Wildman–Crippen LogP) is -3.72. The van der Waals surface area contributed by atoms with Crippen molar-refractivity contribution in [3.63, 3.8) is 0 Å². The first-order valence-electron chi connectivity index (χ1n) is 0.678. The van der Waals surface area contributed by atoms with Gasteiger partial charge in [-0.1, -0.05) is 0 Å². The topological polar surface area (TPSA) is 37.3 Å². The summed E-state index contributed by atoms with van der Waals surface area (Å²) < 4.78 is -0.833. The molecule has 0 unspecified atom stereocenters. The summed E-state index contributed by atoms with van der Waals surface area (Å²) in [5, 5.41) is 7.42. The third-order valence-corrected chi connectivity index (χ3v) is 0. The van der Waals surface area contributed by atoms with E-state index in [-0.39, 0.29) is 67.6 Å². The van der Waals surface area contributed by atoms with Crippen LogP contribution in [0.1, 0.15) is 0 Å². The molecule has 1 N–H and O–H groups in total. The number of hydrogen-bond acceptors (Lipinski definition) is 1. The maximum atomic E-state index is 9.00. The van der Waals surface area contributed by atoms with Gasteiger partial charge >= 0.3 is 81.8 Å². The van der Waals surface area contributed by atoms with Crippen LogP contribution in [0, 0.1) is 0 Å². The van der Waals surface area contributed by atoms with Crippen molar-refractivity contribution in [2.24, 2.45) is 0 Å². The van der Waals surface area contributed by atoms with E-state index in [9.17, 15) is 0 Å². The molecule has 2 radical (unpaired) electrons. The minimum atomic E-state index is -0.833. The molecule has 0 heterocycles. The summed E-state index contributed by atoms with van der Waals surface area (Å²) in [7, 11) is 0. The van der Waals surface area contributed by atoms with Crippen molar-refractivity contribution in [1.82, 2.24) is 0 Å². The Morgan fingerprint density at radius 1 is 1.57 bits per heavy atom. The Hall–Kier alpha value is 2.25. The Morgan fingerprint density at radius 3 is 1.57 bits per heavy atom. The first-order valence-corrected chi connectivity index (χ1v) is 1.73. The van der Waals surface area contributed by atoms with Crippen LogP contribution in [-0.2, 0) is 0 Å². The number of carboxylic acid groups (broad SMARTS) is 1. The van der Waals surface area contributed by atoms with E-state index in [4.69, 9.17) is 9.90 Å². The van der Waals surface area contributed by atoms with Gasteiger partial charge in [0.1, 0.15) is 0 Å². The van der Waals surface area contributed by atoms with E-state index in [0.29, 0.717) is 0 Å². The number of hydrogen-bond donors (Lipinski definition) is 1. The van der Waals surface area contributed by atoms with Crippen LogP contribution >= 0.6 is 0 Å². The van der Waals surface area contributed by atoms with E-state index in [0.717, 1.165) is 16.9 Å². The van der Waals surface area contributed by atoms with Gasteiger partial charge in [0.05, 0.1) is 0 Å². The molecule has 2 nitrogen and oxygen atoms in total. The summed E-state index contributed by atoms with van der Waals surface area (Å²) in [4.78, 5) is 9.00. The molecule has 42 valence electrons. The van der Waals surface area contributed by atoms with Crippen molar-refractivity contribution >= 4 is 89.2 Å². The van der Waals surface area contributed by atoms with E-state index in [2.05, 4.69) is 0 Å². The summed E-state index contributed by atoms with van der Waals surface area (Å²) in [5.74, 6) is 0. The second-order valence-electron chi connectivity index (χ2n) is 0.305. The van der Waals surface area contributed by atoms with Gasteiger partial charge in [0.2, 0.25) is 0 Å². The summed E-state index contributed by atoms with van der Waals surface area (Å²) in [6.07, 6.45) is 0. The van der Waals surface area contributed by atoms with Crippen molar-refractivity contribution in [2.75, 3.05) is 0 Å². The molecule has 0 aromatic heterocycles. The van der Waals surface area contributed by atoms with E-state index in [1.54, 1.807) is 0 Å². The van der Waals surface area contributed by atoms with E-state index >= 15 is 0 Å². The Kier molecular flexibility index (Phi) is 51.3. The second kappa shape index (κ2) is 15.7. The fraction of sp³-hybridized carbons (Fsp3) is 0. The number of rotatable bonds is 0. The molecule has 0 atom stereocenters. The van der Waals surface area contributed by atoms with Crippen molar-refractivity contribution in [3.8, 4) is 0 Å². The number of carbonyl (C=O) groups is 1. The van der Waals surface area contributed by atoms with Gasteiger partial charge in [-0.25, -0.2) is 0 Å². The third kappa shape index (κ3) is 63.7. The standard InChI is InChI=1S/CH2AsO2.Al.In.Sb.8H/c2-1(3)4;;;;;;;;;;;/h2H,(H,3,4);;;;;;;;;;;. The van der Waals surface area contributed by atoms with Crippen molar-refractivity contribution < 1.29 is 9.90 Å². The first kappa shape index (κ1) is 22.8. The van der Waals surface area contributed by atoms with Crippen LogP contribution in [0.25, 0.3) is 0 Å². The van der Waals surface area contributed by atoms with Gasteiger partial charge in [0.25, 0.3) is 0 Å². The van der Waals surface area contributed by atoms with Crippen molar-refractivity contribution in [2.45, 2.75) is 0 Å². The van der Waals surface area contributed by atoms with Gasteiger partial charge in [-0.2, -0.15) is 0 Å². The molecule has 0 aliphatic heterocycles. The molecule has 7 heavy (non-hydrogen) atoms. The minimum absolute atomic E-state index is 0. The van der Waals surface area contributed by atoms with Gasteiger partial charge in [-0.05, 0) is 0 Å². The van der Waals surface area contributed by atoms with Crippen LogP contribution in [-0.4, -0.2) is 94.3 Å².